The molecule has 0 saturated heterocycles. The molecular weight excluding hydrogens is 364 g/mol. The summed E-state index contributed by atoms with van der Waals surface area (Å²) in [5.74, 6) is 1.29. The van der Waals surface area contributed by atoms with Gasteiger partial charge in [0.1, 0.15) is 23.3 Å². The average molecular weight is 382 g/mol. The first kappa shape index (κ1) is 17.3. The predicted octanol–water partition coefficient (Wildman–Crippen LogP) is 2.46. The Hall–Kier alpha value is -3.12. The summed E-state index contributed by atoms with van der Waals surface area (Å²) in [5, 5.41) is 20.1. The molecule has 0 radical (unpaired) electrons. The van der Waals surface area contributed by atoms with E-state index in [9.17, 15) is 13.7 Å². The number of anilines is 3. The molecule has 0 spiro atoms. The molecule has 2 N–H and O–H groups in total. The minimum atomic E-state index is -3.11. The van der Waals surface area contributed by atoms with Crippen LogP contribution >= 0.6 is 0 Å². The van der Waals surface area contributed by atoms with Crippen LogP contribution in [0.4, 0.5) is 17.3 Å². The highest BCUT2D eigenvalue weighted by atomic mass is 32.2. The molecule has 1 aromatic carbocycles. The second kappa shape index (κ2) is 6.55. The summed E-state index contributed by atoms with van der Waals surface area (Å²) in [5.41, 5.74) is 2.28. The van der Waals surface area contributed by atoms with Crippen molar-refractivity contribution in [3.63, 3.8) is 0 Å². The molecule has 2 aromatic heterocycles. The second-order valence-electron chi connectivity index (χ2n) is 6.75. The van der Waals surface area contributed by atoms with Crippen molar-refractivity contribution in [1.82, 2.24) is 14.6 Å². The number of nitriles is 1. The van der Waals surface area contributed by atoms with E-state index in [1.165, 1.54) is 12.5 Å². The number of hydrogen-bond donors (Lipinski definition) is 2. The van der Waals surface area contributed by atoms with E-state index in [1.54, 1.807) is 22.7 Å². The molecule has 0 bridgehead atoms. The SMILES string of the molecule is CS(=O)(=O)Cc1cccc(Nc2cc(NC3CC3)n3ncc(C#N)c3n2)c1. The molecule has 4 rings (SSSR count). The van der Waals surface area contributed by atoms with Gasteiger partial charge in [-0.15, -0.1) is 0 Å². The number of fused-ring (bicyclic) bond motifs is 1. The van der Waals surface area contributed by atoms with E-state index in [0.29, 0.717) is 28.6 Å². The monoisotopic (exact) mass is 382 g/mol. The van der Waals surface area contributed by atoms with Gasteiger partial charge >= 0.3 is 0 Å². The molecule has 0 aliphatic heterocycles. The van der Waals surface area contributed by atoms with Gasteiger partial charge in [-0.1, -0.05) is 12.1 Å². The highest BCUT2D eigenvalue weighted by molar-refractivity contribution is 7.89. The molecule has 2 heterocycles. The first-order chi connectivity index (χ1) is 12.9. The molecular formula is C18H18N6O2S. The summed E-state index contributed by atoms with van der Waals surface area (Å²) in [6.45, 7) is 0. The number of rotatable bonds is 6. The molecule has 1 aliphatic carbocycles. The molecule has 1 saturated carbocycles. The third-order valence-electron chi connectivity index (χ3n) is 4.15. The minimum absolute atomic E-state index is 0.0231. The van der Waals surface area contributed by atoms with E-state index in [2.05, 4.69) is 26.8 Å². The lowest BCUT2D eigenvalue weighted by Crippen LogP contribution is -2.09. The first-order valence-electron chi connectivity index (χ1n) is 8.50. The Balaban J connectivity index is 1.69. The standard InChI is InChI=1S/C18H18N6O2S/c1-27(25,26)11-12-3-2-4-15(7-12)21-16-8-17(22-14-5-6-14)24-18(23-16)13(9-19)10-20-24/h2-4,7-8,10,14,22H,5-6,11H2,1H3,(H,21,23). The highest BCUT2D eigenvalue weighted by Gasteiger charge is 2.23. The third-order valence-corrected chi connectivity index (χ3v) is 5.01. The predicted molar refractivity (Wildman–Crippen MR) is 103 cm³/mol. The molecule has 3 aromatic rings. The number of aromatic nitrogens is 3. The van der Waals surface area contributed by atoms with Crippen molar-refractivity contribution < 1.29 is 8.42 Å². The first-order valence-corrected chi connectivity index (χ1v) is 10.6. The van der Waals surface area contributed by atoms with Crippen molar-refractivity contribution in [2.24, 2.45) is 0 Å². The van der Waals surface area contributed by atoms with E-state index in [0.717, 1.165) is 24.3 Å². The molecule has 0 amide bonds. The van der Waals surface area contributed by atoms with Crippen LogP contribution in [0.5, 0.6) is 0 Å². The van der Waals surface area contributed by atoms with Gasteiger partial charge in [0.05, 0.1) is 11.9 Å². The molecule has 1 fully saturated rings. The summed E-state index contributed by atoms with van der Waals surface area (Å²) >= 11 is 0. The average Bonchev–Trinajstić information content (AvgIpc) is 3.30. The summed E-state index contributed by atoms with van der Waals surface area (Å²) in [6.07, 6.45) is 4.91. The van der Waals surface area contributed by atoms with Gasteiger partial charge in [0.2, 0.25) is 0 Å². The van der Waals surface area contributed by atoms with Crippen LogP contribution in [0.2, 0.25) is 0 Å². The zero-order chi connectivity index (χ0) is 19.0. The van der Waals surface area contributed by atoms with Gasteiger partial charge in [0.25, 0.3) is 0 Å². The zero-order valence-corrected chi connectivity index (χ0v) is 15.5. The highest BCUT2D eigenvalue weighted by Crippen LogP contribution is 2.28. The van der Waals surface area contributed by atoms with Gasteiger partial charge in [-0.2, -0.15) is 14.9 Å². The Kier molecular flexibility index (Phi) is 4.20. The number of nitrogens with one attached hydrogen (secondary N) is 2. The second-order valence-corrected chi connectivity index (χ2v) is 8.89. The van der Waals surface area contributed by atoms with Crippen LogP contribution in [-0.2, 0) is 15.6 Å². The summed E-state index contributed by atoms with van der Waals surface area (Å²) in [4.78, 5) is 4.50. The smallest absolute Gasteiger partial charge is 0.177 e. The molecule has 0 unspecified atom stereocenters. The number of sulfone groups is 1. The fourth-order valence-electron chi connectivity index (χ4n) is 2.83. The van der Waals surface area contributed by atoms with E-state index >= 15 is 0 Å². The van der Waals surface area contributed by atoms with Gasteiger partial charge in [0, 0.05) is 24.1 Å². The van der Waals surface area contributed by atoms with Crippen LogP contribution < -0.4 is 10.6 Å². The van der Waals surface area contributed by atoms with Crippen molar-refractivity contribution in [2.45, 2.75) is 24.6 Å². The molecule has 1 aliphatic rings. The van der Waals surface area contributed by atoms with Gasteiger partial charge in [-0.05, 0) is 30.5 Å². The van der Waals surface area contributed by atoms with E-state index in [1.807, 2.05) is 12.1 Å². The van der Waals surface area contributed by atoms with Crippen LogP contribution in [0.15, 0.2) is 36.5 Å². The molecule has 9 heteroatoms. The van der Waals surface area contributed by atoms with Gasteiger partial charge in [0.15, 0.2) is 15.5 Å². The van der Waals surface area contributed by atoms with Crippen molar-refractivity contribution >= 4 is 32.8 Å². The number of nitrogens with zero attached hydrogens (tertiary/aromatic N) is 4. The summed E-state index contributed by atoms with van der Waals surface area (Å²) < 4.78 is 24.7. The van der Waals surface area contributed by atoms with E-state index in [4.69, 9.17) is 0 Å². The maximum atomic E-state index is 11.5. The molecule has 0 atom stereocenters. The lowest BCUT2D eigenvalue weighted by molar-refractivity contribution is 0.601. The third kappa shape index (κ3) is 4.01. The zero-order valence-electron chi connectivity index (χ0n) is 14.7. The molecule has 138 valence electrons. The number of benzene rings is 1. The lowest BCUT2D eigenvalue weighted by atomic mass is 10.2. The minimum Gasteiger partial charge on any atom is -0.367 e. The maximum absolute atomic E-state index is 11.5. The number of hydrogen-bond acceptors (Lipinski definition) is 7. The normalized spacial score (nSPS) is 14.1. The summed E-state index contributed by atoms with van der Waals surface area (Å²) in [7, 11) is -3.11. The van der Waals surface area contributed by atoms with Crippen molar-refractivity contribution in [3.05, 3.63) is 47.7 Å². The molecule has 8 nitrogen and oxygen atoms in total. The van der Waals surface area contributed by atoms with Gasteiger partial charge in [-0.3, -0.25) is 0 Å². The quantitative estimate of drug-likeness (QED) is 0.673. The van der Waals surface area contributed by atoms with E-state index < -0.39 is 9.84 Å². The van der Waals surface area contributed by atoms with Crippen LogP contribution in [0.1, 0.15) is 24.0 Å². The van der Waals surface area contributed by atoms with Crippen molar-refractivity contribution in [2.75, 3.05) is 16.9 Å². The van der Waals surface area contributed by atoms with Crippen molar-refractivity contribution in [1.29, 1.82) is 5.26 Å². The fourth-order valence-corrected chi connectivity index (χ4v) is 3.62. The largest absolute Gasteiger partial charge is 0.367 e. The van der Waals surface area contributed by atoms with Crippen LogP contribution in [0, 0.1) is 11.3 Å². The fraction of sp³-hybridized carbons (Fsp3) is 0.278. The van der Waals surface area contributed by atoms with Crippen LogP contribution in [0.25, 0.3) is 5.65 Å². The van der Waals surface area contributed by atoms with Crippen molar-refractivity contribution in [3.8, 4) is 6.07 Å². The summed E-state index contributed by atoms with van der Waals surface area (Å²) in [6, 6.07) is 11.5. The maximum Gasteiger partial charge on any atom is 0.177 e. The Morgan fingerprint density at radius 2 is 2.15 bits per heavy atom. The van der Waals surface area contributed by atoms with Gasteiger partial charge in [-0.25, -0.2) is 13.4 Å². The van der Waals surface area contributed by atoms with Gasteiger partial charge < -0.3 is 10.6 Å². The Morgan fingerprint density at radius 1 is 1.33 bits per heavy atom. The lowest BCUT2D eigenvalue weighted by Gasteiger charge is -2.12. The van der Waals surface area contributed by atoms with Crippen LogP contribution in [-0.4, -0.2) is 35.3 Å². The Morgan fingerprint density at radius 3 is 2.85 bits per heavy atom. The Bertz CT molecular complexity index is 1160. The van der Waals surface area contributed by atoms with Crippen LogP contribution in [0.3, 0.4) is 0 Å². The Labute approximate surface area is 156 Å². The van der Waals surface area contributed by atoms with E-state index in [-0.39, 0.29) is 5.75 Å². The topological polar surface area (TPSA) is 112 Å². The molecule has 27 heavy (non-hydrogen) atoms.